The van der Waals surface area contributed by atoms with Crippen molar-refractivity contribution >= 4 is 32.4 Å². The molecule has 188 valence electrons. The van der Waals surface area contributed by atoms with Crippen LogP contribution in [0.2, 0.25) is 5.02 Å². The maximum atomic E-state index is 13.1. The summed E-state index contributed by atoms with van der Waals surface area (Å²) in [5.41, 5.74) is -1.18. The fraction of sp³-hybridized carbons (Fsp3) is 0.333. The molecule has 1 saturated heterocycles. The number of hydrogen-bond donors (Lipinski definition) is 2. The summed E-state index contributed by atoms with van der Waals surface area (Å²) in [6.45, 7) is 1.52. The highest BCUT2D eigenvalue weighted by Crippen LogP contribution is 2.36. The molecule has 1 atom stereocenters. The van der Waals surface area contributed by atoms with E-state index >= 15 is 0 Å². The molecule has 0 unspecified atom stereocenters. The summed E-state index contributed by atoms with van der Waals surface area (Å²) < 4.78 is 72.1. The number of aliphatic hydroxyl groups excluding tert-OH is 1. The zero-order valence-corrected chi connectivity index (χ0v) is 20.2. The van der Waals surface area contributed by atoms with Crippen molar-refractivity contribution in [2.45, 2.75) is 17.2 Å². The topological polar surface area (TPSA) is 71.3 Å². The maximum Gasteiger partial charge on any atom is 0.417 e. The highest BCUT2D eigenvalue weighted by molar-refractivity contribution is 7.89. The van der Waals surface area contributed by atoms with Crippen molar-refractivity contribution in [3.05, 3.63) is 71.2 Å². The molecule has 1 heterocycles. The van der Waals surface area contributed by atoms with Gasteiger partial charge in [-0.2, -0.15) is 17.5 Å². The van der Waals surface area contributed by atoms with Gasteiger partial charge in [0.15, 0.2) is 0 Å². The minimum absolute atomic E-state index is 0.0921. The van der Waals surface area contributed by atoms with Crippen molar-refractivity contribution in [2.75, 3.05) is 39.3 Å². The van der Waals surface area contributed by atoms with Crippen molar-refractivity contribution in [2.24, 2.45) is 0 Å². The van der Waals surface area contributed by atoms with Gasteiger partial charge in [-0.15, -0.1) is 0 Å². The quantitative estimate of drug-likeness (QED) is 0.494. The van der Waals surface area contributed by atoms with E-state index in [4.69, 9.17) is 16.3 Å². The summed E-state index contributed by atoms with van der Waals surface area (Å²) >= 11 is 5.61. The summed E-state index contributed by atoms with van der Waals surface area (Å²) in [7, 11) is -4.10. The second-order valence-corrected chi connectivity index (χ2v) is 10.8. The Morgan fingerprint density at radius 3 is 2.40 bits per heavy atom. The summed E-state index contributed by atoms with van der Waals surface area (Å²) in [6, 6.07) is 16.2. The summed E-state index contributed by atoms with van der Waals surface area (Å²) in [5.74, 6) is 0.648. The van der Waals surface area contributed by atoms with Crippen LogP contribution >= 0.6 is 11.6 Å². The van der Waals surface area contributed by atoms with E-state index in [0.717, 1.165) is 32.1 Å². The molecule has 11 heteroatoms. The van der Waals surface area contributed by atoms with Gasteiger partial charge >= 0.3 is 6.18 Å². The molecule has 0 saturated carbocycles. The van der Waals surface area contributed by atoms with E-state index in [1.54, 1.807) is 0 Å². The monoisotopic (exact) mass is 529 g/mol. The van der Waals surface area contributed by atoms with Gasteiger partial charge in [0.25, 0.3) is 0 Å². The third-order valence-electron chi connectivity index (χ3n) is 6.00. The van der Waals surface area contributed by atoms with Crippen LogP contribution in [0.5, 0.6) is 5.75 Å². The van der Waals surface area contributed by atoms with Crippen LogP contribution in [0.15, 0.2) is 65.6 Å². The van der Waals surface area contributed by atoms with Gasteiger partial charge in [-0.3, -0.25) is 0 Å². The molecule has 0 aromatic heterocycles. The van der Waals surface area contributed by atoms with Crippen molar-refractivity contribution in [3.63, 3.8) is 0 Å². The number of aliphatic hydroxyl groups is 1. The number of hydrogen-bond acceptors (Lipinski definition) is 4. The van der Waals surface area contributed by atoms with Crippen LogP contribution in [-0.2, 0) is 16.2 Å². The molecular formula is C24H25ClF3N2O4S+. The number of quaternary nitrogens is 1. The lowest BCUT2D eigenvalue weighted by Gasteiger charge is -2.32. The zero-order chi connectivity index (χ0) is 25.2. The first kappa shape index (κ1) is 25.7. The number of alkyl halides is 3. The lowest BCUT2D eigenvalue weighted by molar-refractivity contribution is -0.906. The second-order valence-electron chi connectivity index (χ2n) is 8.47. The lowest BCUT2D eigenvalue weighted by Crippen LogP contribution is -3.15. The molecule has 3 aromatic rings. The van der Waals surface area contributed by atoms with Crippen LogP contribution in [-0.4, -0.2) is 63.3 Å². The predicted molar refractivity (Wildman–Crippen MR) is 126 cm³/mol. The number of benzene rings is 3. The molecular weight excluding hydrogens is 505 g/mol. The minimum Gasteiger partial charge on any atom is -0.491 e. The fourth-order valence-corrected chi connectivity index (χ4v) is 5.81. The van der Waals surface area contributed by atoms with E-state index in [1.165, 1.54) is 0 Å². The van der Waals surface area contributed by atoms with Crippen LogP contribution in [0.4, 0.5) is 13.2 Å². The number of piperazine rings is 1. The number of fused-ring (bicyclic) bond motifs is 1. The Morgan fingerprint density at radius 2 is 1.71 bits per heavy atom. The Bertz CT molecular complexity index is 1300. The predicted octanol–water partition coefficient (Wildman–Crippen LogP) is 2.84. The van der Waals surface area contributed by atoms with Gasteiger partial charge < -0.3 is 14.7 Å². The molecule has 1 aliphatic rings. The SMILES string of the molecule is O=S(=O)(c1ccc(Cl)c(C(F)(F)F)c1)N1CC[NH+](C[C@@H](O)COc2ccc3ccccc3c2)CC1. The Labute approximate surface area is 206 Å². The largest absolute Gasteiger partial charge is 0.491 e. The number of rotatable bonds is 7. The van der Waals surface area contributed by atoms with Crippen LogP contribution in [0.1, 0.15) is 5.56 Å². The normalized spacial score (nSPS) is 16.9. The summed E-state index contributed by atoms with van der Waals surface area (Å²) in [4.78, 5) is 0.541. The third kappa shape index (κ3) is 6.07. The number of nitrogens with zero attached hydrogens (tertiary/aromatic N) is 1. The smallest absolute Gasteiger partial charge is 0.417 e. The number of sulfonamides is 1. The molecule has 1 aliphatic heterocycles. The average molecular weight is 530 g/mol. The molecule has 0 bridgehead atoms. The molecule has 0 spiro atoms. The standard InChI is InChI=1S/C24H24ClF3N2O4S/c25-23-8-7-21(14-22(23)24(26,27)28)35(32,33)30-11-9-29(10-12-30)15-19(31)16-34-20-6-5-17-3-1-2-4-18(17)13-20/h1-8,13-14,19,31H,9-12,15-16H2/p+1/t19-/m1/s1. The third-order valence-corrected chi connectivity index (χ3v) is 8.22. The zero-order valence-electron chi connectivity index (χ0n) is 18.6. The average Bonchev–Trinajstić information content (AvgIpc) is 2.82. The maximum absolute atomic E-state index is 13.1. The Hall–Kier alpha value is -2.37. The van der Waals surface area contributed by atoms with Crippen LogP contribution in [0.3, 0.4) is 0 Å². The molecule has 0 amide bonds. The Kier molecular flexibility index (Phi) is 7.58. The van der Waals surface area contributed by atoms with Crippen LogP contribution in [0, 0.1) is 0 Å². The fourth-order valence-electron chi connectivity index (χ4n) is 4.12. The molecule has 6 nitrogen and oxygen atoms in total. The Morgan fingerprint density at radius 1 is 1.03 bits per heavy atom. The van der Waals surface area contributed by atoms with E-state index in [0.29, 0.717) is 31.5 Å². The van der Waals surface area contributed by atoms with E-state index in [2.05, 4.69) is 0 Å². The summed E-state index contributed by atoms with van der Waals surface area (Å²) in [5, 5.41) is 12.0. The van der Waals surface area contributed by atoms with E-state index in [-0.39, 0.29) is 19.7 Å². The van der Waals surface area contributed by atoms with Crippen LogP contribution < -0.4 is 9.64 Å². The number of halogens is 4. The Balaban J connectivity index is 1.31. The van der Waals surface area contributed by atoms with Crippen molar-refractivity contribution in [3.8, 4) is 5.75 Å². The molecule has 0 aliphatic carbocycles. The first-order chi connectivity index (χ1) is 16.5. The highest BCUT2D eigenvalue weighted by atomic mass is 35.5. The van der Waals surface area contributed by atoms with Crippen molar-refractivity contribution in [1.29, 1.82) is 0 Å². The van der Waals surface area contributed by atoms with Gasteiger partial charge in [0.2, 0.25) is 10.0 Å². The molecule has 4 rings (SSSR count). The van der Waals surface area contributed by atoms with E-state index in [1.807, 2.05) is 42.5 Å². The van der Waals surface area contributed by atoms with Gasteiger partial charge in [0, 0.05) is 0 Å². The van der Waals surface area contributed by atoms with Gasteiger partial charge in [-0.25, -0.2) is 8.42 Å². The minimum atomic E-state index is -4.75. The molecule has 35 heavy (non-hydrogen) atoms. The molecule has 1 fully saturated rings. The molecule has 2 N–H and O–H groups in total. The molecule has 3 aromatic carbocycles. The number of nitrogens with one attached hydrogen (secondary N) is 1. The van der Waals surface area contributed by atoms with Crippen molar-refractivity contribution in [1.82, 2.24) is 4.31 Å². The van der Waals surface area contributed by atoms with Gasteiger partial charge in [-0.1, -0.05) is 41.9 Å². The summed E-state index contributed by atoms with van der Waals surface area (Å²) in [6.07, 6.45) is -5.51. The van der Waals surface area contributed by atoms with Crippen molar-refractivity contribution < 1.29 is 36.3 Å². The molecule has 0 radical (unpaired) electrons. The first-order valence-corrected chi connectivity index (χ1v) is 12.9. The van der Waals surface area contributed by atoms with Gasteiger partial charge in [0.05, 0.1) is 41.7 Å². The van der Waals surface area contributed by atoms with Gasteiger partial charge in [0.1, 0.15) is 25.0 Å². The van der Waals surface area contributed by atoms with E-state index < -0.39 is 37.8 Å². The lowest BCUT2D eigenvalue weighted by atomic mass is 10.1. The van der Waals surface area contributed by atoms with E-state index in [9.17, 15) is 26.7 Å². The van der Waals surface area contributed by atoms with Crippen LogP contribution in [0.25, 0.3) is 10.8 Å². The highest BCUT2D eigenvalue weighted by Gasteiger charge is 2.36. The number of ether oxygens (including phenoxy) is 1. The second kappa shape index (κ2) is 10.3. The van der Waals surface area contributed by atoms with Gasteiger partial charge in [-0.05, 0) is 41.1 Å². The first-order valence-electron chi connectivity index (χ1n) is 11.0.